The second-order valence-electron chi connectivity index (χ2n) is 4.39. The maximum Gasteiger partial charge on any atom is 0.0620 e. The molecule has 66 valence electrons. The van der Waals surface area contributed by atoms with Crippen molar-refractivity contribution in [1.82, 2.24) is 0 Å². The smallest absolute Gasteiger partial charge is 0.0620 e. The van der Waals surface area contributed by atoms with Crippen LogP contribution in [0.1, 0.15) is 25.3 Å². The third-order valence-corrected chi connectivity index (χ3v) is 3.32. The summed E-state index contributed by atoms with van der Waals surface area (Å²) >= 11 is 0. The van der Waals surface area contributed by atoms with E-state index in [0.29, 0.717) is 5.54 Å². The SMILES string of the molecule is CC12CC1CC(c1ccccc1)=N2. The summed E-state index contributed by atoms with van der Waals surface area (Å²) in [6, 6.07) is 10.6. The first-order valence-electron chi connectivity index (χ1n) is 4.92. The van der Waals surface area contributed by atoms with Crippen molar-refractivity contribution in [2.24, 2.45) is 10.9 Å². The molecule has 1 heteroatoms. The van der Waals surface area contributed by atoms with E-state index in [1.807, 2.05) is 0 Å². The van der Waals surface area contributed by atoms with E-state index in [1.165, 1.54) is 24.1 Å². The van der Waals surface area contributed by atoms with Gasteiger partial charge in [0.25, 0.3) is 0 Å². The minimum atomic E-state index is 0.325. The standard InChI is InChI=1S/C12H13N/c1-12-8-10(12)7-11(13-12)9-5-3-2-4-6-9/h2-6,10H,7-8H2,1H3. The lowest BCUT2D eigenvalue weighted by atomic mass is 10.1. The van der Waals surface area contributed by atoms with E-state index in [9.17, 15) is 0 Å². The monoisotopic (exact) mass is 171 g/mol. The maximum atomic E-state index is 4.78. The fraction of sp³-hybridized carbons (Fsp3) is 0.417. The number of benzene rings is 1. The number of hydrogen-bond acceptors (Lipinski definition) is 1. The van der Waals surface area contributed by atoms with Gasteiger partial charge in [-0.25, -0.2) is 0 Å². The first-order chi connectivity index (χ1) is 6.28. The van der Waals surface area contributed by atoms with Crippen LogP contribution in [-0.4, -0.2) is 11.3 Å². The van der Waals surface area contributed by atoms with E-state index in [1.54, 1.807) is 0 Å². The average Bonchev–Trinajstić information content (AvgIpc) is 2.67. The Morgan fingerprint density at radius 1 is 1.31 bits per heavy atom. The van der Waals surface area contributed by atoms with Crippen molar-refractivity contribution in [3.8, 4) is 0 Å². The zero-order valence-corrected chi connectivity index (χ0v) is 7.83. The fourth-order valence-corrected chi connectivity index (χ4v) is 2.27. The Kier molecular flexibility index (Phi) is 1.25. The Morgan fingerprint density at radius 3 is 2.69 bits per heavy atom. The molecular weight excluding hydrogens is 158 g/mol. The lowest BCUT2D eigenvalue weighted by Gasteiger charge is -2.01. The van der Waals surface area contributed by atoms with Crippen LogP contribution in [0, 0.1) is 5.92 Å². The minimum absolute atomic E-state index is 0.325. The molecule has 1 aromatic carbocycles. The van der Waals surface area contributed by atoms with Gasteiger partial charge in [-0.2, -0.15) is 0 Å². The van der Waals surface area contributed by atoms with Crippen LogP contribution < -0.4 is 0 Å². The zero-order valence-electron chi connectivity index (χ0n) is 7.83. The molecule has 1 heterocycles. The van der Waals surface area contributed by atoms with Gasteiger partial charge < -0.3 is 0 Å². The van der Waals surface area contributed by atoms with Gasteiger partial charge in [0.1, 0.15) is 0 Å². The van der Waals surface area contributed by atoms with Crippen molar-refractivity contribution in [1.29, 1.82) is 0 Å². The van der Waals surface area contributed by atoms with E-state index in [-0.39, 0.29) is 0 Å². The van der Waals surface area contributed by atoms with Crippen LogP contribution in [0.4, 0.5) is 0 Å². The summed E-state index contributed by atoms with van der Waals surface area (Å²) in [5.74, 6) is 0.850. The molecule has 3 rings (SSSR count). The third kappa shape index (κ3) is 1.03. The van der Waals surface area contributed by atoms with Crippen LogP contribution in [0.5, 0.6) is 0 Å². The summed E-state index contributed by atoms with van der Waals surface area (Å²) in [6.45, 7) is 2.27. The predicted molar refractivity (Wildman–Crippen MR) is 54.1 cm³/mol. The molecule has 0 aromatic heterocycles. The molecular formula is C12H13N. The average molecular weight is 171 g/mol. The second kappa shape index (κ2) is 2.22. The molecule has 1 saturated carbocycles. The topological polar surface area (TPSA) is 12.4 Å². The van der Waals surface area contributed by atoms with Gasteiger partial charge in [-0.1, -0.05) is 30.3 Å². The number of fused-ring (bicyclic) bond motifs is 1. The van der Waals surface area contributed by atoms with Crippen LogP contribution in [0.15, 0.2) is 35.3 Å². The van der Waals surface area contributed by atoms with Crippen molar-refractivity contribution in [2.75, 3.05) is 0 Å². The van der Waals surface area contributed by atoms with Crippen LogP contribution >= 0.6 is 0 Å². The van der Waals surface area contributed by atoms with Gasteiger partial charge in [-0.15, -0.1) is 0 Å². The van der Waals surface area contributed by atoms with Crippen LogP contribution in [0.25, 0.3) is 0 Å². The van der Waals surface area contributed by atoms with Crippen molar-refractivity contribution in [2.45, 2.75) is 25.3 Å². The van der Waals surface area contributed by atoms with E-state index in [2.05, 4.69) is 37.3 Å². The van der Waals surface area contributed by atoms with Gasteiger partial charge >= 0.3 is 0 Å². The van der Waals surface area contributed by atoms with Gasteiger partial charge in [-0.05, 0) is 31.2 Å². The summed E-state index contributed by atoms with van der Waals surface area (Å²) < 4.78 is 0. The third-order valence-electron chi connectivity index (χ3n) is 3.32. The molecule has 1 aromatic rings. The van der Waals surface area contributed by atoms with E-state index in [0.717, 1.165) is 5.92 Å². The van der Waals surface area contributed by atoms with Crippen molar-refractivity contribution in [3.63, 3.8) is 0 Å². The fourth-order valence-electron chi connectivity index (χ4n) is 2.27. The van der Waals surface area contributed by atoms with Crippen LogP contribution in [0.3, 0.4) is 0 Å². The quantitative estimate of drug-likeness (QED) is 0.616. The van der Waals surface area contributed by atoms with Gasteiger partial charge in [0.05, 0.1) is 5.54 Å². The molecule has 13 heavy (non-hydrogen) atoms. The van der Waals surface area contributed by atoms with Gasteiger partial charge in [0.15, 0.2) is 0 Å². The summed E-state index contributed by atoms with van der Waals surface area (Å²) in [7, 11) is 0. The van der Waals surface area contributed by atoms with Gasteiger partial charge in [0.2, 0.25) is 0 Å². The normalized spacial score (nSPS) is 35.5. The molecule has 2 aliphatic rings. The largest absolute Gasteiger partial charge is 0.282 e. The lowest BCUT2D eigenvalue weighted by Crippen LogP contribution is -1.99. The highest BCUT2D eigenvalue weighted by Crippen LogP contribution is 2.54. The highest BCUT2D eigenvalue weighted by molar-refractivity contribution is 6.03. The number of rotatable bonds is 1. The van der Waals surface area contributed by atoms with Crippen molar-refractivity contribution >= 4 is 5.71 Å². The molecule has 0 N–H and O–H groups in total. The molecule has 1 fully saturated rings. The van der Waals surface area contributed by atoms with Crippen molar-refractivity contribution in [3.05, 3.63) is 35.9 Å². The Hall–Kier alpha value is -1.11. The number of aliphatic imine (C=N–C) groups is 1. The number of nitrogens with zero attached hydrogens (tertiary/aromatic N) is 1. The molecule has 0 saturated heterocycles. The zero-order chi connectivity index (χ0) is 8.89. The van der Waals surface area contributed by atoms with E-state index >= 15 is 0 Å². The Balaban J connectivity index is 1.97. The summed E-state index contributed by atoms with van der Waals surface area (Å²) in [5.41, 5.74) is 2.96. The van der Waals surface area contributed by atoms with Crippen LogP contribution in [-0.2, 0) is 0 Å². The number of hydrogen-bond donors (Lipinski definition) is 0. The molecule has 2 unspecified atom stereocenters. The Bertz CT molecular complexity index is 366. The second-order valence-corrected chi connectivity index (χ2v) is 4.39. The molecule has 1 nitrogen and oxygen atoms in total. The minimum Gasteiger partial charge on any atom is -0.282 e. The summed E-state index contributed by atoms with van der Waals surface area (Å²) in [4.78, 5) is 4.78. The Morgan fingerprint density at radius 2 is 2.08 bits per heavy atom. The Labute approximate surface area is 78.5 Å². The highest BCUT2D eigenvalue weighted by Gasteiger charge is 2.54. The van der Waals surface area contributed by atoms with Gasteiger partial charge in [0, 0.05) is 5.71 Å². The van der Waals surface area contributed by atoms with E-state index < -0.39 is 0 Å². The molecule has 0 bridgehead atoms. The van der Waals surface area contributed by atoms with Crippen LogP contribution in [0.2, 0.25) is 0 Å². The summed E-state index contributed by atoms with van der Waals surface area (Å²) in [5, 5.41) is 0. The first kappa shape index (κ1) is 7.31. The lowest BCUT2D eigenvalue weighted by molar-refractivity contribution is 0.712. The first-order valence-corrected chi connectivity index (χ1v) is 4.92. The molecule has 0 radical (unpaired) electrons. The molecule has 2 atom stereocenters. The molecule has 1 aliphatic heterocycles. The molecule has 0 amide bonds. The van der Waals surface area contributed by atoms with Gasteiger partial charge in [-0.3, -0.25) is 4.99 Å². The molecule has 1 aliphatic carbocycles. The van der Waals surface area contributed by atoms with E-state index in [4.69, 9.17) is 4.99 Å². The maximum absolute atomic E-state index is 4.78. The molecule has 0 spiro atoms. The van der Waals surface area contributed by atoms with Crippen molar-refractivity contribution < 1.29 is 0 Å². The highest BCUT2D eigenvalue weighted by atomic mass is 15.0. The predicted octanol–water partition coefficient (Wildman–Crippen LogP) is 2.66. The summed E-state index contributed by atoms with van der Waals surface area (Å²) in [6.07, 6.45) is 2.50.